The highest BCUT2D eigenvalue weighted by molar-refractivity contribution is 5.47. The first kappa shape index (κ1) is 12.0. The molecule has 0 amide bonds. The molecule has 1 atom stereocenters. The highest BCUT2D eigenvalue weighted by Crippen LogP contribution is 2.22. The van der Waals surface area contributed by atoms with Crippen LogP contribution in [-0.4, -0.2) is 18.1 Å². The Balaban J connectivity index is 0.000000531. The molecule has 0 saturated carbocycles. The Morgan fingerprint density at radius 1 is 1.40 bits per heavy atom. The lowest BCUT2D eigenvalue weighted by Gasteiger charge is -2.18. The van der Waals surface area contributed by atoms with E-state index >= 15 is 0 Å². The van der Waals surface area contributed by atoms with Crippen LogP contribution in [0.4, 0.5) is 5.69 Å². The van der Waals surface area contributed by atoms with Crippen LogP contribution in [0.3, 0.4) is 0 Å². The maximum atomic E-state index is 4.20. The number of pyridine rings is 1. The minimum atomic E-state index is 0.841. The Morgan fingerprint density at radius 3 is 2.67 bits per heavy atom. The summed E-state index contributed by atoms with van der Waals surface area (Å²) in [6.07, 6.45) is 3.22. The zero-order valence-electron chi connectivity index (χ0n) is 10.3. The van der Waals surface area contributed by atoms with Crippen molar-refractivity contribution in [3.8, 4) is 0 Å². The highest BCUT2D eigenvalue weighted by atomic mass is 15.1. The Labute approximate surface area is 93.3 Å². The average Bonchev–Trinajstić information content (AvgIpc) is 2.68. The van der Waals surface area contributed by atoms with E-state index in [1.54, 1.807) is 0 Å². The topological polar surface area (TPSA) is 16.1 Å². The molecule has 0 bridgehead atoms. The number of rotatable bonds is 1. The Bertz CT molecular complexity index is 296. The molecule has 1 aliphatic heterocycles. The Hall–Kier alpha value is -1.05. The van der Waals surface area contributed by atoms with Gasteiger partial charge in [-0.2, -0.15) is 0 Å². The van der Waals surface area contributed by atoms with Crippen LogP contribution in [-0.2, 0) is 0 Å². The van der Waals surface area contributed by atoms with Crippen molar-refractivity contribution in [2.24, 2.45) is 5.92 Å². The van der Waals surface area contributed by atoms with Crippen LogP contribution in [0.25, 0.3) is 0 Å². The maximum Gasteiger partial charge on any atom is 0.0399 e. The first-order valence-corrected chi connectivity index (χ1v) is 5.93. The largest absolute Gasteiger partial charge is 0.371 e. The molecule has 1 saturated heterocycles. The molecule has 0 aliphatic carbocycles. The van der Waals surface area contributed by atoms with E-state index in [4.69, 9.17) is 0 Å². The van der Waals surface area contributed by atoms with Crippen molar-refractivity contribution in [2.45, 2.75) is 34.1 Å². The summed E-state index contributed by atoms with van der Waals surface area (Å²) in [7, 11) is 0. The van der Waals surface area contributed by atoms with Crippen LogP contribution in [0, 0.1) is 12.8 Å². The first-order valence-electron chi connectivity index (χ1n) is 5.93. The molecule has 15 heavy (non-hydrogen) atoms. The molecule has 0 radical (unpaired) electrons. The van der Waals surface area contributed by atoms with Crippen molar-refractivity contribution in [2.75, 3.05) is 18.0 Å². The monoisotopic (exact) mass is 206 g/mol. The summed E-state index contributed by atoms with van der Waals surface area (Å²) in [6, 6.07) is 4.27. The molecule has 2 rings (SSSR count). The second-order valence-corrected chi connectivity index (χ2v) is 4.00. The first-order chi connectivity index (χ1) is 7.25. The van der Waals surface area contributed by atoms with Crippen molar-refractivity contribution in [3.05, 3.63) is 24.0 Å². The summed E-state index contributed by atoms with van der Waals surface area (Å²) in [5, 5.41) is 0. The number of aryl methyl sites for hydroxylation is 1. The van der Waals surface area contributed by atoms with Crippen LogP contribution in [0.2, 0.25) is 0 Å². The lowest BCUT2D eigenvalue weighted by molar-refractivity contribution is 0.659. The number of hydrogen-bond acceptors (Lipinski definition) is 2. The molecule has 0 spiro atoms. The van der Waals surface area contributed by atoms with Crippen molar-refractivity contribution >= 4 is 5.69 Å². The summed E-state index contributed by atoms with van der Waals surface area (Å²) < 4.78 is 0. The highest BCUT2D eigenvalue weighted by Gasteiger charge is 2.18. The van der Waals surface area contributed by atoms with E-state index in [-0.39, 0.29) is 0 Å². The summed E-state index contributed by atoms with van der Waals surface area (Å²) in [4.78, 5) is 6.65. The average molecular weight is 206 g/mol. The molecule has 1 fully saturated rings. The van der Waals surface area contributed by atoms with Gasteiger partial charge >= 0.3 is 0 Å². The molecule has 2 heterocycles. The summed E-state index contributed by atoms with van der Waals surface area (Å²) in [6.45, 7) is 10.8. The second kappa shape index (κ2) is 5.74. The lowest BCUT2D eigenvalue weighted by Crippen LogP contribution is -2.18. The molecule has 1 unspecified atom stereocenters. The molecule has 2 heteroatoms. The molecule has 2 nitrogen and oxygen atoms in total. The van der Waals surface area contributed by atoms with Gasteiger partial charge in [0.25, 0.3) is 0 Å². The smallest absolute Gasteiger partial charge is 0.0399 e. The van der Waals surface area contributed by atoms with Gasteiger partial charge in [0.2, 0.25) is 0 Å². The predicted octanol–water partition coefficient (Wildman–Crippen LogP) is 3.26. The number of anilines is 1. The molecule has 84 valence electrons. The maximum absolute atomic E-state index is 4.20. The van der Waals surface area contributed by atoms with Crippen molar-refractivity contribution in [3.63, 3.8) is 0 Å². The number of nitrogens with zero attached hydrogens (tertiary/aromatic N) is 2. The van der Waals surface area contributed by atoms with Gasteiger partial charge in [-0.1, -0.05) is 20.8 Å². The molecule has 0 N–H and O–H groups in total. The van der Waals surface area contributed by atoms with Crippen LogP contribution < -0.4 is 4.90 Å². The molecular formula is C13H22N2. The van der Waals surface area contributed by atoms with E-state index in [2.05, 4.69) is 28.9 Å². The van der Waals surface area contributed by atoms with E-state index in [0.717, 1.165) is 11.6 Å². The van der Waals surface area contributed by atoms with E-state index in [1.165, 1.54) is 25.2 Å². The minimum Gasteiger partial charge on any atom is -0.371 e. The van der Waals surface area contributed by atoms with Crippen molar-refractivity contribution < 1.29 is 0 Å². The quantitative estimate of drug-likeness (QED) is 0.701. The number of aromatic nitrogens is 1. The van der Waals surface area contributed by atoms with Gasteiger partial charge in [-0.3, -0.25) is 4.98 Å². The van der Waals surface area contributed by atoms with Gasteiger partial charge in [0, 0.05) is 30.7 Å². The van der Waals surface area contributed by atoms with Crippen LogP contribution in [0.15, 0.2) is 18.3 Å². The third-order valence-electron chi connectivity index (χ3n) is 2.67. The SMILES string of the molecule is CC.Cc1cc(N2CCC(C)C2)ccn1. The van der Waals surface area contributed by atoms with E-state index in [1.807, 2.05) is 27.0 Å². The van der Waals surface area contributed by atoms with Gasteiger partial charge < -0.3 is 4.90 Å². The second-order valence-electron chi connectivity index (χ2n) is 4.00. The lowest BCUT2D eigenvalue weighted by atomic mass is 10.2. The zero-order chi connectivity index (χ0) is 11.3. The Morgan fingerprint density at radius 2 is 2.13 bits per heavy atom. The fourth-order valence-corrected chi connectivity index (χ4v) is 1.90. The van der Waals surface area contributed by atoms with E-state index < -0.39 is 0 Å². The van der Waals surface area contributed by atoms with Crippen LogP contribution in [0.1, 0.15) is 32.9 Å². The minimum absolute atomic E-state index is 0.841. The van der Waals surface area contributed by atoms with Gasteiger partial charge in [-0.05, 0) is 31.4 Å². The fourth-order valence-electron chi connectivity index (χ4n) is 1.90. The molecule has 1 aromatic rings. The fraction of sp³-hybridized carbons (Fsp3) is 0.615. The predicted molar refractivity (Wildman–Crippen MR) is 66.3 cm³/mol. The summed E-state index contributed by atoms with van der Waals surface area (Å²) in [5.74, 6) is 0.841. The Kier molecular flexibility index (Phi) is 4.60. The molecule has 1 aromatic heterocycles. The summed E-state index contributed by atoms with van der Waals surface area (Å²) in [5.41, 5.74) is 2.44. The van der Waals surface area contributed by atoms with Crippen molar-refractivity contribution in [1.82, 2.24) is 4.98 Å². The zero-order valence-corrected chi connectivity index (χ0v) is 10.3. The molecular weight excluding hydrogens is 184 g/mol. The summed E-state index contributed by atoms with van der Waals surface area (Å²) >= 11 is 0. The van der Waals surface area contributed by atoms with Gasteiger partial charge in [0.15, 0.2) is 0 Å². The number of hydrogen-bond donors (Lipinski definition) is 0. The standard InChI is InChI=1S/C11H16N2.C2H6/c1-9-4-6-13(8-9)11-3-5-12-10(2)7-11;1-2/h3,5,7,9H,4,6,8H2,1-2H3;1-2H3. The van der Waals surface area contributed by atoms with Crippen LogP contribution >= 0.6 is 0 Å². The van der Waals surface area contributed by atoms with Gasteiger partial charge in [-0.15, -0.1) is 0 Å². The van der Waals surface area contributed by atoms with Gasteiger partial charge in [0.05, 0.1) is 0 Å². The van der Waals surface area contributed by atoms with Crippen LogP contribution in [0.5, 0.6) is 0 Å². The molecule has 0 aromatic carbocycles. The van der Waals surface area contributed by atoms with Crippen molar-refractivity contribution in [1.29, 1.82) is 0 Å². The normalized spacial score (nSPS) is 19.7. The van der Waals surface area contributed by atoms with Gasteiger partial charge in [-0.25, -0.2) is 0 Å². The van der Waals surface area contributed by atoms with E-state index in [9.17, 15) is 0 Å². The third-order valence-corrected chi connectivity index (χ3v) is 2.67. The van der Waals surface area contributed by atoms with E-state index in [0.29, 0.717) is 0 Å². The van der Waals surface area contributed by atoms with Gasteiger partial charge in [0.1, 0.15) is 0 Å². The third kappa shape index (κ3) is 3.22. The molecule has 1 aliphatic rings.